The van der Waals surface area contributed by atoms with Crippen LogP contribution in [0.4, 0.5) is 0 Å². The molecule has 0 heterocycles. The van der Waals surface area contributed by atoms with Crippen LogP contribution in [0.1, 0.15) is 59.8 Å². The van der Waals surface area contributed by atoms with Crippen LogP contribution in [0.25, 0.3) is 0 Å². The molecule has 0 radical (unpaired) electrons. The van der Waals surface area contributed by atoms with Gasteiger partial charge in [-0.15, -0.1) is 0 Å². The van der Waals surface area contributed by atoms with E-state index in [0.717, 1.165) is 12.7 Å². The lowest BCUT2D eigenvalue weighted by atomic mass is 10.1. The lowest BCUT2D eigenvalue weighted by molar-refractivity contribution is -0.104. The molecular weight excluding hydrogens is 184 g/mol. The molecular formula is C14H26O. The van der Waals surface area contributed by atoms with Crippen molar-refractivity contribution in [3.63, 3.8) is 0 Å². The molecule has 0 unspecified atom stereocenters. The Balaban J connectivity index is 0. The Morgan fingerprint density at radius 1 is 1.13 bits per heavy atom. The zero-order chi connectivity index (χ0) is 10.6. The Labute approximate surface area is 95.3 Å². The maximum atomic E-state index is 10.0. The van der Waals surface area contributed by atoms with Gasteiger partial charge in [-0.1, -0.05) is 57.8 Å². The predicted octanol–water partition coefficient (Wildman–Crippen LogP) is 4.68. The van der Waals surface area contributed by atoms with Gasteiger partial charge in [0.25, 0.3) is 0 Å². The first-order valence-electron chi connectivity index (χ1n) is 5.60. The van der Waals surface area contributed by atoms with Gasteiger partial charge in [-0.3, -0.25) is 4.79 Å². The zero-order valence-corrected chi connectivity index (χ0v) is 9.46. The number of hydrogen-bond donors (Lipinski definition) is 0. The van der Waals surface area contributed by atoms with E-state index in [9.17, 15) is 4.79 Å². The van der Waals surface area contributed by atoms with Crippen molar-refractivity contribution in [2.45, 2.75) is 59.8 Å². The van der Waals surface area contributed by atoms with E-state index in [1.807, 2.05) is 13.0 Å². The highest BCUT2D eigenvalue weighted by Gasteiger charge is 1.87. The smallest absolute Gasteiger partial charge is 0.142 e. The van der Waals surface area contributed by atoms with Gasteiger partial charge >= 0.3 is 0 Å². The summed E-state index contributed by atoms with van der Waals surface area (Å²) in [6, 6.07) is 0. The molecule has 88 valence electrons. The second-order valence-electron chi connectivity index (χ2n) is 3.65. The average Bonchev–Trinajstić information content (AvgIpc) is 2.20. The van der Waals surface area contributed by atoms with Crippen molar-refractivity contribution >= 4 is 6.29 Å². The van der Waals surface area contributed by atoms with Crippen LogP contribution in [0, 0.1) is 0 Å². The Kier molecular flexibility index (Phi) is 14.5. The highest BCUT2D eigenvalue weighted by molar-refractivity contribution is 5.65. The number of carbonyl (C=O) groups excluding carboxylic acids is 1. The first-order valence-corrected chi connectivity index (χ1v) is 5.60. The van der Waals surface area contributed by atoms with E-state index in [1.54, 1.807) is 6.08 Å². The average molecular weight is 210 g/mol. The molecule has 0 rings (SSSR count). The van der Waals surface area contributed by atoms with Crippen LogP contribution >= 0.6 is 0 Å². The highest BCUT2D eigenvalue weighted by atomic mass is 16.1. The van der Waals surface area contributed by atoms with Crippen molar-refractivity contribution in [1.82, 2.24) is 0 Å². The van der Waals surface area contributed by atoms with E-state index in [2.05, 4.69) is 13.0 Å². The number of rotatable bonds is 8. The molecule has 0 aliphatic carbocycles. The normalized spacial score (nSPS) is 11.5. The van der Waals surface area contributed by atoms with Crippen molar-refractivity contribution < 1.29 is 4.79 Å². The maximum Gasteiger partial charge on any atom is 0.142 e. The van der Waals surface area contributed by atoms with Gasteiger partial charge in [-0.2, -0.15) is 0 Å². The molecule has 0 aliphatic heterocycles. The fraction of sp³-hybridized carbons (Fsp3) is 0.643. The number of allylic oxidation sites excluding steroid dienone is 4. The van der Waals surface area contributed by atoms with Crippen molar-refractivity contribution in [1.29, 1.82) is 0 Å². The van der Waals surface area contributed by atoms with Gasteiger partial charge in [0.1, 0.15) is 6.29 Å². The fourth-order valence-corrected chi connectivity index (χ4v) is 1.34. The summed E-state index contributed by atoms with van der Waals surface area (Å²) in [5.74, 6) is 0. The molecule has 0 bridgehead atoms. The minimum absolute atomic E-state index is 0. The number of unbranched alkanes of at least 4 members (excludes halogenated alkanes) is 5. The number of carbonyl (C=O) groups is 1. The highest BCUT2D eigenvalue weighted by Crippen LogP contribution is 2.07. The van der Waals surface area contributed by atoms with Gasteiger partial charge in [-0.25, -0.2) is 0 Å². The van der Waals surface area contributed by atoms with E-state index in [4.69, 9.17) is 0 Å². The summed E-state index contributed by atoms with van der Waals surface area (Å²) in [6.45, 7) is 4.26. The molecule has 0 spiro atoms. The zero-order valence-electron chi connectivity index (χ0n) is 9.46. The molecule has 0 saturated heterocycles. The van der Waals surface area contributed by atoms with E-state index in [0.29, 0.717) is 0 Å². The summed E-state index contributed by atoms with van der Waals surface area (Å²) in [6.07, 6.45) is 14.2. The molecule has 0 saturated carbocycles. The molecule has 0 aromatic heterocycles. The maximum absolute atomic E-state index is 10.0. The Morgan fingerprint density at radius 2 is 1.80 bits per heavy atom. The van der Waals surface area contributed by atoms with E-state index in [-0.39, 0.29) is 7.43 Å². The quantitative estimate of drug-likeness (QED) is 0.246. The van der Waals surface area contributed by atoms with Gasteiger partial charge < -0.3 is 0 Å². The van der Waals surface area contributed by atoms with Crippen LogP contribution in [0.2, 0.25) is 0 Å². The van der Waals surface area contributed by atoms with Crippen LogP contribution in [0.3, 0.4) is 0 Å². The summed E-state index contributed by atoms with van der Waals surface area (Å²) in [4.78, 5) is 10.0. The fourth-order valence-electron chi connectivity index (χ4n) is 1.34. The molecule has 1 heteroatoms. The Morgan fingerprint density at radius 3 is 2.40 bits per heavy atom. The predicted molar refractivity (Wildman–Crippen MR) is 69.1 cm³/mol. The molecule has 0 amide bonds. The second-order valence-corrected chi connectivity index (χ2v) is 3.65. The van der Waals surface area contributed by atoms with E-state index < -0.39 is 0 Å². The summed E-state index contributed by atoms with van der Waals surface area (Å²) in [5.41, 5.74) is 1.19. The summed E-state index contributed by atoms with van der Waals surface area (Å²) >= 11 is 0. The van der Waals surface area contributed by atoms with Crippen LogP contribution in [0.15, 0.2) is 23.8 Å². The van der Waals surface area contributed by atoms with E-state index >= 15 is 0 Å². The molecule has 0 atom stereocenters. The standard InChI is InChI=1S/C13H22O.CH4/c1-3-4-5-6-7-8-10-13(2)11-9-12-14;/h9-12H,3-8H2,1-2H3;1H4/b11-9+,13-10?;. The summed E-state index contributed by atoms with van der Waals surface area (Å²) in [5, 5.41) is 0. The monoisotopic (exact) mass is 210 g/mol. The largest absolute Gasteiger partial charge is 0.299 e. The lowest BCUT2D eigenvalue weighted by Gasteiger charge is -1.97. The van der Waals surface area contributed by atoms with Gasteiger partial charge in [0, 0.05) is 0 Å². The van der Waals surface area contributed by atoms with Crippen molar-refractivity contribution in [3.05, 3.63) is 23.8 Å². The number of aldehydes is 1. The molecule has 0 aliphatic rings. The van der Waals surface area contributed by atoms with Gasteiger partial charge in [-0.05, 0) is 25.8 Å². The summed E-state index contributed by atoms with van der Waals surface area (Å²) in [7, 11) is 0. The third-order valence-electron chi connectivity index (χ3n) is 2.21. The van der Waals surface area contributed by atoms with Crippen molar-refractivity contribution in [3.8, 4) is 0 Å². The first kappa shape index (κ1) is 16.6. The van der Waals surface area contributed by atoms with E-state index in [1.165, 1.54) is 37.7 Å². The van der Waals surface area contributed by atoms with Gasteiger partial charge in [0.05, 0.1) is 0 Å². The number of hydrogen-bond acceptors (Lipinski definition) is 1. The first-order chi connectivity index (χ1) is 6.81. The molecule has 0 aromatic rings. The van der Waals surface area contributed by atoms with Crippen molar-refractivity contribution in [2.24, 2.45) is 0 Å². The molecule has 0 aromatic carbocycles. The lowest BCUT2D eigenvalue weighted by Crippen LogP contribution is -1.77. The SMILES string of the molecule is C.CCCCCCCC=C(C)/C=C/C=O. The van der Waals surface area contributed by atoms with Crippen LogP contribution in [-0.2, 0) is 4.79 Å². The third kappa shape index (κ3) is 13.2. The molecule has 15 heavy (non-hydrogen) atoms. The Hall–Kier alpha value is -0.850. The molecule has 0 fully saturated rings. The second kappa shape index (κ2) is 13.2. The van der Waals surface area contributed by atoms with Crippen molar-refractivity contribution in [2.75, 3.05) is 0 Å². The van der Waals surface area contributed by atoms with Crippen LogP contribution in [-0.4, -0.2) is 6.29 Å². The minimum Gasteiger partial charge on any atom is -0.299 e. The van der Waals surface area contributed by atoms with Crippen LogP contribution in [0.5, 0.6) is 0 Å². The molecule has 0 N–H and O–H groups in total. The van der Waals surface area contributed by atoms with Gasteiger partial charge in [0.2, 0.25) is 0 Å². The van der Waals surface area contributed by atoms with Crippen LogP contribution < -0.4 is 0 Å². The third-order valence-corrected chi connectivity index (χ3v) is 2.21. The topological polar surface area (TPSA) is 17.1 Å². The summed E-state index contributed by atoms with van der Waals surface area (Å²) < 4.78 is 0. The minimum atomic E-state index is 0. The Bertz CT molecular complexity index is 190. The molecule has 1 nitrogen and oxygen atoms in total. The van der Waals surface area contributed by atoms with Gasteiger partial charge in [0.15, 0.2) is 0 Å².